The van der Waals surface area contributed by atoms with Crippen molar-refractivity contribution >= 4 is 29.6 Å². The molecule has 214 valence electrons. The van der Waals surface area contributed by atoms with Crippen LogP contribution in [0.3, 0.4) is 0 Å². The van der Waals surface area contributed by atoms with Gasteiger partial charge in [-0.1, -0.05) is 42.9 Å². The van der Waals surface area contributed by atoms with Crippen molar-refractivity contribution in [3.8, 4) is 5.75 Å². The van der Waals surface area contributed by atoms with E-state index in [4.69, 9.17) is 4.74 Å². The number of nitrogens with one attached hydrogen (secondary N) is 1. The van der Waals surface area contributed by atoms with E-state index in [1.807, 2.05) is 35.4 Å². The number of rotatable bonds is 12. The molecule has 39 heavy (non-hydrogen) atoms. The number of hydrogen-bond acceptors (Lipinski definition) is 6. The first-order valence-electron chi connectivity index (χ1n) is 13.6. The maximum Gasteiger partial charge on any atom is 0.334 e. The molecule has 0 saturated carbocycles. The Morgan fingerprint density at radius 2 is 1.97 bits per heavy atom. The average Bonchev–Trinajstić information content (AvgIpc) is 2.92. The first-order valence-corrected chi connectivity index (χ1v) is 15.0. The van der Waals surface area contributed by atoms with E-state index in [1.165, 1.54) is 5.57 Å². The van der Waals surface area contributed by atoms with Crippen molar-refractivity contribution in [1.29, 1.82) is 0 Å². The van der Waals surface area contributed by atoms with Crippen LogP contribution in [0.2, 0.25) is 0 Å². The number of allylic oxidation sites excluding steroid dienone is 4. The van der Waals surface area contributed by atoms with Crippen molar-refractivity contribution in [2.75, 3.05) is 45.8 Å². The second-order valence-electron chi connectivity index (χ2n) is 9.98. The van der Waals surface area contributed by atoms with E-state index in [0.29, 0.717) is 26.1 Å². The predicted octanol–water partition coefficient (Wildman–Crippen LogP) is 3.88. The molecule has 0 aromatic heterocycles. The molecule has 2 heterocycles. The summed E-state index contributed by atoms with van der Waals surface area (Å²) < 4.78 is 5.21. The minimum absolute atomic E-state index is 0.0238. The molecule has 2 atom stereocenters. The molecule has 1 N–H and O–H groups in total. The second kappa shape index (κ2) is 15.0. The van der Waals surface area contributed by atoms with Gasteiger partial charge in [-0.25, -0.2) is 14.8 Å². The van der Waals surface area contributed by atoms with Crippen LogP contribution in [0.15, 0.2) is 48.1 Å². The normalized spacial score (nSPS) is 20.5. The van der Waals surface area contributed by atoms with Crippen LogP contribution in [-0.4, -0.2) is 95.7 Å². The summed E-state index contributed by atoms with van der Waals surface area (Å²) in [5.74, 6) is 1.36. The number of piperazine rings is 1. The summed E-state index contributed by atoms with van der Waals surface area (Å²) in [5, 5.41) is 6.27. The van der Waals surface area contributed by atoms with E-state index < -0.39 is 12.2 Å². The standard InChI is InChI=1S/C29H43N5O4S/c1-6-7-8-10-22(2)11-9-17-32-20-26-33(25(28(32)36)16-18-39-5)27(35)21-31(3)34(26)29(37)30-19-23-12-14-24(38-4)15-13-23/h7-8,10,12-15,25-26H,6,9,11,16-21H2,1-5H3,(H,30,37)/b8-7-,22-10+/t25-,26?/m0/s1. The van der Waals surface area contributed by atoms with Crippen molar-refractivity contribution in [2.45, 2.75) is 58.3 Å². The number of methoxy groups -OCH3 is 1. The van der Waals surface area contributed by atoms with Crippen LogP contribution in [-0.2, 0) is 16.1 Å². The number of carbonyl (C=O) groups is 3. The molecular weight excluding hydrogens is 514 g/mol. The van der Waals surface area contributed by atoms with Crippen LogP contribution in [0.5, 0.6) is 5.75 Å². The number of carbonyl (C=O) groups excluding carboxylic acids is 3. The Bertz CT molecular complexity index is 1040. The third kappa shape index (κ3) is 8.02. The fourth-order valence-electron chi connectivity index (χ4n) is 5.02. The van der Waals surface area contributed by atoms with Gasteiger partial charge in [-0.2, -0.15) is 11.8 Å². The summed E-state index contributed by atoms with van der Waals surface area (Å²) in [7, 11) is 3.36. The molecule has 2 saturated heterocycles. The highest BCUT2D eigenvalue weighted by atomic mass is 32.2. The summed E-state index contributed by atoms with van der Waals surface area (Å²) in [4.78, 5) is 43.8. The number of amides is 4. The maximum atomic E-state index is 13.6. The van der Waals surface area contributed by atoms with Crippen molar-refractivity contribution in [1.82, 2.24) is 25.1 Å². The summed E-state index contributed by atoms with van der Waals surface area (Å²) in [6.45, 7) is 5.47. The highest BCUT2D eigenvalue weighted by Gasteiger charge is 2.50. The quantitative estimate of drug-likeness (QED) is 0.393. The van der Waals surface area contributed by atoms with Crippen LogP contribution in [0.1, 0.15) is 45.1 Å². The Labute approximate surface area is 237 Å². The molecule has 2 aliphatic heterocycles. The molecule has 3 rings (SSSR count). The molecule has 9 nitrogen and oxygen atoms in total. The van der Waals surface area contributed by atoms with E-state index in [2.05, 4.69) is 37.4 Å². The van der Waals surface area contributed by atoms with E-state index in [9.17, 15) is 14.4 Å². The predicted molar refractivity (Wildman–Crippen MR) is 156 cm³/mol. The number of benzene rings is 1. The smallest absolute Gasteiger partial charge is 0.334 e. The van der Waals surface area contributed by atoms with Crippen molar-refractivity contribution in [2.24, 2.45) is 0 Å². The zero-order valence-electron chi connectivity index (χ0n) is 23.9. The first-order chi connectivity index (χ1) is 18.8. The molecule has 0 spiro atoms. The Kier molecular flexibility index (Phi) is 11.7. The molecule has 10 heteroatoms. The summed E-state index contributed by atoms with van der Waals surface area (Å²) in [5.41, 5.74) is 2.20. The molecule has 0 radical (unpaired) electrons. The second-order valence-corrected chi connectivity index (χ2v) is 11.0. The molecule has 2 fully saturated rings. The number of thioether (sulfide) groups is 1. The lowest BCUT2D eigenvalue weighted by Crippen LogP contribution is -2.76. The Morgan fingerprint density at radius 1 is 1.23 bits per heavy atom. The van der Waals surface area contributed by atoms with E-state index in [-0.39, 0.29) is 24.4 Å². The Balaban J connectivity index is 1.76. The minimum atomic E-state index is -0.571. The van der Waals surface area contributed by atoms with E-state index in [1.54, 1.807) is 40.8 Å². The molecule has 0 bridgehead atoms. The van der Waals surface area contributed by atoms with E-state index >= 15 is 0 Å². The van der Waals surface area contributed by atoms with Crippen LogP contribution >= 0.6 is 11.8 Å². The van der Waals surface area contributed by atoms with Crippen molar-refractivity contribution in [3.63, 3.8) is 0 Å². The van der Waals surface area contributed by atoms with Gasteiger partial charge in [0, 0.05) is 20.1 Å². The molecule has 2 aliphatic rings. The Hall–Kier alpha value is -2.98. The molecular formula is C29H43N5O4S. The summed E-state index contributed by atoms with van der Waals surface area (Å²) in [6, 6.07) is 6.65. The number of hydrogen-bond donors (Lipinski definition) is 1. The van der Waals surface area contributed by atoms with Gasteiger partial charge < -0.3 is 19.9 Å². The number of hydrazine groups is 1. The average molecular weight is 558 g/mol. The van der Waals surface area contributed by atoms with Crippen molar-refractivity contribution < 1.29 is 19.1 Å². The van der Waals surface area contributed by atoms with E-state index in [0.717, 1.165) is 36.3 Å². The lowest BCUT2D eigenvalue weighted by Gasteiger charge is -2.54. The third-order valence-corrected chi connectivity index (χ3v) is 7.74. The van der Waals surface area contributed by atoms with Gasteiger partial charge in [0.25, 0.3) is 0 Å². The largest absolute Gasteiger partial charge is 0.497 e. The number of likely N-dealkylation sites (N-methyl/N-ethyl adjacent to an activating group) is 1. The fraction of sp³-hybridized carbons (Fsp3) is 0.552. The van der Waals surface area contributed by atoms with Gasteiger partial charge in [0.05, 0.1) is 20.2 Å². The topological polar surface area (TPSA) is 85.4 Å². The fourth-order valence-corrected chi connectivity index (χ4v) is 5.47. The lowest BCUT2D eigenvalue weighted by atomic mass is 10.0. The number of ether oxygens (including phenoxy) is 1. The number of fused-ring (bicyclic) bond motifs is 1. The lowest BCUT2D eigenvalue weighted by molar-refractivity contribution is -0.187. The van der Waals surface area contributed by atoms with Gasteiger partial charge in [-0.3, -0.25) is 9.59 Å². The van der Waals surface area contributed by atoms with Crippen LogP contribution < -0.4 is 10.1 Å². The van der Waals surface area contributed by atoms with Crippen LogP contribution in [0.4, 0.5) is 4.79 Å². The zero-order chi connectivity index (χ0) is 28.4. The van der Waals surface area contributed by atoms with Gasteiger partial charge in [0.15, 0.2) is 0 Å². The van der Waals surface area contributed by atoms with Crippen LogP contribution in [0, 0.1) is 0 Å². The van der Waals surface area contributed by atoms with Gasteiger partial charge in [-0.05, 0) is 62.3 Å². The molecule has 1 aromatic carbocycles. The molecule has 0 aliphatic carbocycles. The SMILES string of the molecule is CC/C=C\C=C(/C)CCCN1CC2N(C(=O)CN(C)N2C(=O)NCc2ccc(OC)cc2)[C@@H](CCSC)C1=O. The highest BCUT2D eigenvalue weighted by Crippen LogP contribution is 2.28. The van der Waals surface area contributed by atoms with Gasteiger partial charge in [-0.15, -0.1) is 0 Å². The first kappa shape index (κ1) is 30.6. The number of urea groups is 1. The van der Waals surface area contributed by atoms with Crippen LogP contribution in [0.25, 0.3) is 0 Å². The molecule has 1 unspecified atom stereocenters. The number of nitrogens with zero attached hydrogens (tertiary/aromatic N) is 4. The molecule has 4 amide bonds. The highest BCUT2D eigenvalue weighted by molar-refractivity contribution is 7.98. The van der Waals surface area contributed by atoms with Gasteiger partial charge in [0.1, 0.15) is 18.0 Å². The van der Waals surface area contributed by atoms with Gasteiger partial charge >= 0.3 is 6.03 Å². The Morgan fingerprint density at radius 3 is 2.64 bits per heavy atom. The van der Waals surface area contributed by atoms with Crippen molar-refractivity contribution in [3.05, 3.63) is 53.6 Å². The molecule has 1 aromatic rings. The monoisotopic (exact) mass is 557 g/mol. The maximum absolute atomic E-state index is 13.6. The summed E-state index contributed by atoms with van der Waals surface area (Å²) >= 11 is 1.65. The minimum Gasteiger partial charge on any atom is -0.497 e. The summed E-state index contributed by atoms with van der Waals surface area (Å²) in [6.07, 6.45) is 11.0. The third-order valence-electron chi connectivity index (χ3n) is 7.10. The van der Waals surface area contributed by atoms with Gasteiger partial charge in [0.2, 0.25) is 11.8 Å². The zero-order valence-corrected chi connectivity index (χ0v) is 24.7.